The molecule has 2 rings (SSSR count). The van der Waals surface area contributed by atoms with E-state index in [2.05, 4.69) is 5.32 Å². The van der Waals surface area contributed by atoms with Gasteiger partial charge in [0.15, 0.2) is 11.5 Å². The number of hydrogen-bond donors (Lipinski definition) is 1. The molecule has 1 aliphatic rings. The molecule has 0 unspecified atom stereocenters. The van der Waals surface area contributed by atoms with E-state index < -0.39 is 0 Å². The number of amides is 1. The molecule has 1 fully saturated rings. The van der Waals surface area contributed by atoms with E-state index in [1.165, 1.54) is 0 Å². The summed E-state index contributed by atoms with van der Waals surface area (Å²) in [6, 6.07) is 5.49. The number of ether oxygens (including phenoxy) is 3. The third-order valence-corrected chi connectivity index (χ3v) is 3.59. The first-order chi connectivity index (χ1) is 10.2. The summed E-state index contributed by atoms with van der Waals surface area (Å²) in [6.45, 7) is 2.47. The lowest BCUT2D eigenvalue weighted by molar-refractivity contribution is -0.123. The first kappa shape index (κ1) is 15.6. The van der Waals surface area contributed by atoms with E-state index in [1.807, 2.05) is 12.1 Å². The fourth-order valence-electron chi connectivity index (χ4n) is 2.23. The fraction of sp³-hybridized carbons (Fsp3) is 0.533. The Bertz CT molecular complexity index is 489. The third-order valence-electron chi connectivity index (χ3n) is 3.59. The van der Waals surface area contributed by atoms with Crippen molar-refractivity contribution in [2.75, 3.05) is 52.5 Å². The minimum atomic E-state index is 0.0370. The molecule has 0 atom stereocenters. The first-order valence-electron chi connectivity index (χ1n) is 6.94. The average molecular weight is 294 g/mol. The van der Waals surface area contributed by atoms with Gasteiger partial charge in [0.05, 0.1) is 26.7 Å². The topological polar surface area (TPSA) is 60.0 Å². The molecular formula is C15H22N2O4. The Kier molecular flexibility index (Phi) is 5.41. The Labute approximate surface area is 125 Å². The second kappa shape index (κ2) is 7.28. The van der Waals surface area contributed by atoms with E-state index >= 15 is 0 Å². The zero-order valence-electron chi connectivity index (χ0n) is 12.7. The molecule has 116 valence electrons. The van der Waals surface area contributed by atoms with Crippen molar-refractivity contribution in [3.05, 3.63) is 18.2 Å². The van der Waals surface area contributed by atoms with Crippen molar-refractivity contribution in [2.24, 2.45) is 5.92 Å². The van der Waals surface area contributed by atoms with Gasteiger partial charge in [-0.15, -0.1) is 0 Å². The van der Waals surface area contributed by atoms with Gasteiger partial charge in [-0.05, 0) is 12.1 Å². The minimum Gasteiger partial charge on any atom is -0.493 e. The van der Waals surface area contributed by atoms with Gasteiger partial charge in [-0.2, -0.15) is 0 Å². The predicted octanol–water partition coefficient (Wildman–Crippen LogP) is 0.903. The average Bonchev–Trinajstić information content (AvgIpc) is 2.45. The van der Waals surface area contributed by atoms with Crippen LogP contribution >= 0.6 is 0 Å². The Morgan fingerprint density at radius 3 is 2.48 bits per heavy atom. The van der Waals surface area contributed by atoms with Gasteiger partial charge in [-0.1, -0.05) is 0 Å². The quantitative estimate of drug-likeness (QED) is 0.810. The highest BCUT2D eigenvalue weighted by molar-refractivity contribution is 5.96. The molecule has 0 bridgehead atoms. The van der Waals surface area contributed by atoms with Crippen LogP contribution in [0, 0.1) is 5.92 Å². The summed E-state index contributed by atoms with van der Waals surface area (Å²) in [5, 5.41) is 3.12. The van der Waals surface area contributed by atoms with Gasteiger partial charge < -0.3 is 24.4 Å². The second-order valence-corrected chi connectivity index (χ2v) is 4.88. The summed E-state index contributed by atoms with van der Waals surface area (Å²) in [5.74, 6) is 1.40. The van der Waals surface area contributed by atoms with Crippen LogP contribution in [0.3, 0.4) is 0 Å². The largest absolute Gasteiger partial charge is 0.493 e. The Balaban J connectivity index is 2.24. The molecule has 6 nitrogen and oxygen atoms in total. The van der Waals surface area contributed by atoms with Crippen LogP contribution in [0.4, 0.5) is 5.69 Å². The summed E-state index contributed by atoms with van der Waals surface area (Å²) in [6.07, 6.45) is 0. The maximum Gasteiger partial charge on any atom is 0.232 e. The maximum atomic E-state index is 12.5. The number of rotatable bonds is 7. The van der Waals surface area contributed by atoms with E-state index in [-0.39, 0.29) is 11.8 Å². The van der Waals surface area contributed by atoms with Gasteiger partial charge in [0.25, 0.3) is 0 Å². The number of carbonyl (C=O) groups excluding carboxylic acids is 1. The lowest BCUT2D eigenvalue weighted by Crippen LogP contribution is -2.52. The summed E-state index contributed by atoms with van der Waals surface area (Å²) >= 11 is 0. The second-order valence-electron chi connectivity index (χ2n) is 4.88. The van der Waals surface area contributed by atoms with Gasteiger partial charge in [-0.25, -0.2) is 0 Å². The van der Waals surface area contributed by atoms with Crippen molar-refractivity contribution in [1.29, 1.82) is 0 Å². The predicted molar refractivity (Wildman–Crippen MR) is 80.1 cm³/mol. The molecule has 0 aromatic heterocycles. The molecule has 0 aliphatic carbocycles. The van der Waals surface area contributed by atoms with Crippen LogP contribution in [0.2, 0.25) is 0 Å². The summed E-state index contributed by atoms with van der Waals surface area (Å²) in [4.78, 5) is 14.3. The van der Waals surface area contributed by atoms with Crippen LogP contribution in [0.15, 0.2) is 18.2 Å². The zero-order chi connectivity index (χ0) is 15.2. The first-order valence-corrected chi connectivity index (χ1v) is 6.94. The standard InChI is InChI=1S/C15H22N2O4/c1-19-7-6-17(15(18)11-9-16-10-11)12-4-5-13(20-2)14(8-12)21-3/h4-5,8,11,16H,6-7,9-10H2,1-3H3. The number of carbonyl (C=O) groups is 1. The van der Waals surface area contributed by atoms with Gasteiger partial charge in [0, 0.05) is 38.5 Å². The Hall–Kier alpha value is -1.79. The molecule has 0 spiro atoms. The summed E-state index contributed by atoms with van der Waals surface area (Å²) in [7, 11) is 4.80. The van der Waals surface area contributed by atoms with Crippen LogP contribution in [-0.2, 0) is 9.53 Å². The molecule has 1 saturated heterocycles. The van der Waals surface area contributed by atoms with Gasteiger partial charge >= 0.3 is 0 Å². The van der Waals surface area contributed by atoms with Crippen molar-refractivity contribution in [3.8, 4) is 11.5 Å². The van der Waals surface area contributed by atoms with Crippen LogP contribution in [-0.4, -0.2) is 53.5 Å². The molecule has 1 aliphatic heterocycles. The molecule has 1 N–H and O–H groups in total. The van der Waals surface area contributed by atoms with Crippen molar-refractivity contribution < 1.29 is 19.0 Å². The lowest BCUT2D eigenvalue weighted by Gasteiger charge is -2.32. The molecule has 1 amide bonds. The van der Waals surface area contributed by atoms with Gasteiger partial charge in [0.1, 0.15) is 0 Å². The minimum absolute atomic E-state index is 0.0370. The monoisotopic (exact) mass is 294 g/mol. The summed E-state index contributed by atoms with van der Waals surface area (Å²) < 4.78 is 15.6. The molecule has 21 heavy (non-hydrogen) atoms. The van der Waals surface area contributed by atoms with Crippen LogP contribution in [0.5, 0.6) is 11.5 Å². The number of methoxy groups -OCH3 is 3. The zero-order valence-corrected chi connectivity index (χ0v) is 12.7. The highest BCUT2D eigenvalue weighted by atomic mass is 16.5. The Morgan fingerprint density at radius 2 is 1.95 bits per heavy atom. The highest BCUT2D eigenvalue weighted by Gasteiger charge is 2.30. The molecule has 1 aromatic carbocycles. The van der Waals surface area contributed by atoms with E-state index in [1.54, 1.807) is 32.3 Å². The highest BCUT2D eigenvalue weighted by Crippen LogP contribution is 2.32. The number of nitrogens with zero attached hydrogens (tertiary/aromatic N) is 1. The van der Waals surface area contributed by atoms with Crippen molar-refractivity contribution in [2.45, 2.75) is 0 Å². The smallest absolute Gasteiger partial charge is 0.232 e. The number of anilines is 1. The van der Waals surface area contributed by atoms with Crippen LogP contribution in [0.25, 0.3) is 0 Å². The number of benzene rings is 1. The Morgan fingerprint density at radius 1 is 1.24 bits per heavy atom. The molecular weight excluding hydrogens is 272 g/mol. The maximum absolute atomic E-state index is 12.5. The van der Waals surface area contributed by atoms with Crippen LogP contribution in [0.1, 0.15) is 0 Å². The lowest BCUT2D eigenvalue weighted by atomic mass is 10.0. The van der Waals surface area contributed by atoms with E-state index in [0.29, 0.717) is 24.7 Å². The van der Waals surface area contributed by atoms with E-state index in [0.717, 1.165) is 18.8 Å². The third kappa shape index (κ3) is 3.46. The molecule has 1 heterocycles. The van der Waals surface area contributed by atoms with Crippen molar-refractivity contribution >= 4 is 11.6 Å². The van der Waals surface area contributed by atoms with Crippen molar-refractivity contribution in [1.82, 2.24) is 5.32 Å². The number of hydrogen-bond acceptors (Lipinski definition) is 5. The van der Waals surface area contributed by atoms with E-state index in [9.17, 15) is 4.79 Å². The molecule has 1 aromatic rings. The van der Waals surface area contributed by atoms with Gasteiger partial charge in [0.2, 0.25) is 5.91 Å². The number of nitrogens with one attached hydrogen (secondary N) is 1. The molecule has 6 heteroatoms. The van der Waals surface area contributed by atoms with Crippen molar-refractivity contribution in [3.63, 3.8) is 0 Å². The molecule has 0 radical (unpaired) electrons. The van der Waals surface area contributed by atoms with Gasteiger partial charge in [-0.3, -0.25) is 4.79 Å². The normalized spacial score (nSPS) is 14.4. The van der Waals surface area contributed by atoms with E-state index in [4.69, 9.17) is 14.2 Å². The molecule has 0 saturated carbocycles. The van der Waals surface area contributed by atoms with Crippen LogP contribution < -0.4 is 19.7 Å². The summed E-state index contributed by atoms with van der Waals surface area (Å²) in [5.41, 5.74) is 0.793. The SMILES string of the molecule is COCCN(C(=O)C1CNC1)c1ccc(OC)c(OC)c1. The fourth-order valence-corrected chi connectivity index (χ4v) is 2.23.